The van der Waals surface area contributed by atoms with E-state index in [1.165, 1.54) is 0 Å². The molecule has 0 aromatic heterocycles. The Morgan fingerprint density at radius 1 is 1.45 bits per heavy atom. The van der Waals surface area contributed by atoms with Gasteiger partial charge in [0.2, 0.25) is 12.6 Å². The first-order valence-corrected chi connectivity index (χ1v) is 3.65. The van der Waals surface area contributed by atoms with E-state index < -0.39 is 5.41 Å². The lowest BCUT2D eigenvalue weighted by atomic mass is 9.72. The van der Waals surface area contributed by atoms with Gasteiger partial charge in [0.05, 0.1) is 0 Å². The van der Waals surface area contributed by atoms with Crippen molar-refractivity contribution in [2.45, 2.75) is 19.8 Å². The van der Waals surface area contributed by atoms with Crippen LogP contribution in [0.1, 0.15) is 19.8 Å². The molecule has 0 N–H and O–H groups in total. The van der Waals surface area contributed by atoms with Gasteiger partial charge in [0.15, 0.2) is 0 Å². The van der Waals surface area contributed by atoms with Crippen LogP contribution >= 0.6 is 0 Å². The fourth-order valence-electron chi connectivity index (χ4n) is 1.25. The molecule has 11 heavy (non-hydrogen) atoms. The van der Waals surface area contributed by atoms with Crippen LogP contribution in [0.2, 0.25) is 0 Å². The van der Waals surface area contributed by atoms with Crippen molar-refractivity contribution in [1.29, 1.82) is 0 Å². The third-order valence-corrected chi connectivity index (χ3v) is 2.22. The zero-order valence-electron chi connectivity index (χ0n) is 6.46. The summed E-state index contributed by atoms with van der Waals surface area (Å²) < 4.78 is 0. The van der Waals surface area contributed by atoms with Crippen LogP contribution in [0.5, 0.6) is 0 Å². The number of hydrogen-bond acceptors (Lipinski definition) is 2. The molecule has 0 heterocycles. The average Bonchev–Trinajstić information content (AvgIpc) is 2.05. The molecule has 0 saturated heterocycles. The Hall–Kier alpha value is -0.920. The topological polar surface area (TPSA) is 34.1 Å². The minimum Gasteiger partial charge on any atom is -0.291 e. The summed E-state index contributed by atoms with van der Waals surface area (Å²) in [5.41, 5.74) is -0.628. The molecule has 2 radical (unpaired) electrons. The number of allylic oxidation sites excluding steroid dienone is 2. The zero-order valence-corrected chi connectivity index (χ0v) is 6.46. The first-order valence-electron chi connectivity index (χ1n) is 3.65. The second kappa shape index (κ2) is 2.99. The molecular formula is C9H10O2. The van der Waals surface area contributed by atoms with E-state index in [1.54, 1.807) is 6.92 Å². The monoisotopic (exact) mass is 150 g/mol. The number of hydrogen-bond donors (Lipinski definition) is 0. The van der Waals surface area contributed by atoms with Crippen LogP contribution < -0.4 is 0 Å². The number of rotatable bonds is 2. The summed E-state index contributed by atoms with van der Waals surface area (Å²) >= 11 is 0. The molecule has 0 saturated carbocycles. The summed E-state index contributed by atoms with van der Waals surface area (Å²) in [7, 11) is 0. The zero-order chi connectivity index (χ0) is 8.32. The van der Waals surface area contributed by atoms with Gasteiger partial charge in [-0.25, -0.2) is 0 Å². The van der Waals surface area contributed by atoms with E-state index in [4.69, 9.17) is 0 Å². The summed E-state index contributed by atoms with van der Waals surface area (Å²) in [5, 5.41) is 0. The molecule has 1 aliphatic carbocycles. The average molecular weight is 150 g/mol. The van der Waals surface area contributed by atoms with E-state index >= 15 is 0 Å². The molecule has 2 atom stereocenters. The van der Waals surface area contributed by atoms with Crippen molar-refractivity contribution >= 4 is 12.6 Å². The Bertz CT molecular complexity index is 196. The highest BCUT2D eigenvalue weighted by Gasteiger charge is 2.35. The summed E-state index contributed by atoms with van der Waals surface area (Å²) in [4.78, 5) is 20.9. The largest absolute Gasteiger partial charge is 0.291 e. The minimum atomic E-state index is -0.628. The van der Waals surface area contributed by atoms with Gasteiger partial charge in [-0.2, -0.15) is 0 Å². The normalized spacial score (nSPS) is 36.6. The minimum absolute atomic E-state index is 0.301. The van der Waals surface area contributed by atoms with Crippen molar-refractivity contribution in [2.24, 2.45) is 11.3 Å². The van der Waals surface area contributed by atoms with E-state index in [1.807, 2.05) is 24.7 Å². The molecule has 0 bridgehead atoms. The quantitative estimate of drug-likeness (QED) is 0.554. The van der Waals surface area contributed by atoms with E-state index in [0.717, 1.165) is 0 Å². The maximum atomic E-state index is 10.5. The standard InChI is InChI=1S/C9H10O2/c1-9(7-11)5-3-2-4-8(9)6-10/h2-3,8H,4-5H2,1H3. The van der Waals surface area contributed by atoms with Gasteiger partial charge in [-0.1, -0.05) is 19.1 Å². The van der Waals surface area contributed by atoms with Crippen LogP contribution in [0.15, 0.2) is 12.2 Å². The highest BCUT2D eigenvalue weighted by molar-refractivity contribution is 5.70. The molecule has 0 fully saturated rings. The van der Waals surface area contributed by atoms with Gasteiger partial charge in [-0.05, 0) is 12.8 Å². The Labute approximate surface area is 66.3 Å². The van der Waals surface area contributed by atoms with Crippen molar-refractivity contribution < 1.29 is 9.59 Å². The molecule has 0 aliphatic heterocycles. The maximum Gasteiger partial charge on any atom is 0.205 e. The highest BCUT2D eigenvalue weighted by Crippen LogP contribution is 2.34. The molecule has 2 unspecified atom stereocenters. The van der Waals surface area contributed by atoms with Crippen molar-refractivity contribution in [1.82, 2.24) is 0 Å². The molecule has 1 rings (SSSR count). The van der Waals surface area contributed by atoms with Gasteiger partial charge in [-0.3, -0.25) is 9.59 Å². The van der Waals surface area contributed by atoms with Gasteiger partial charge in [0, 0.05) is 11.3 Å². The van der Waals surface area contributed by atoms with Crippen LogP contribution in [0.4, 0.5) is 0 Å². The van der Waals surface area contributed by atoms with Crippen molar-refractivity contribution in [3.63, 3.8) is 0 Å². The summed E-state index contributed by atoms with van der Waals surface area (Å²) in [6, 6.07) is 0. The van der Waals surface area contributed by atoms with E-state index in [9.17, 15) is 9.59 Å². The van der Waals surface area contributed by atoms with Crippen molar-refractivity contribution in [2.75, 3.05) is 0 Å². The molecule has 0 aromatic rings. The van der Waals surface area contributed by atoms with E-state index in [2.05, 4.69) is 0 Å². The smallest absolute Gasteiger partial charge is 0.205 e. The summed E-state index contributed by atoms with van der Waals surface area (Å²) in [6.07, 6.45) is 8.85. The van der Waals surface area contributed by atoms with Gasteiger partial charge in [-0.15, -0.1) is 0 Å². The molecule has 2 heteroatoms. The molecule has 2 nitrogen and oxygen atoms in total. The molecular weight excluding hydrogens is 140 g/mol. The molecule has 1 aliphatic rings. The lowest BCUT2D eigenvalue weighted by molar-refractivity contribution is 0.319. The maximum absolute atomic E-state index is 10.5. The second-order valence-corrected chi connectivity index (χ2v) is 3.10. The molecule has 0 aromatic carbocycles. The van der Waals surface area contributed by atoms with Crippen molar-refractivity contribution in [3.05, 3.63) is 12.2 Å². The highest BCUT2D eigenvalue weighted by atomic mass is 16.1. The predicted octanol–water partition coefficient (Wildman–Crippen LogP) is 1.18. The van der Waals surface area contributed by atoms with Crippen LogP contribution in [0, 0.1) is 11.3 Å². The van der Waals surface area contributed by atoms with Crippen LogP contribution in [-0.4, -0.2) is 12.6 Å². The Balaban J connectivity index is 2.83. The van der Waals surface area contributed by atoms with Crippen LogP contribution in [0.25, 0.3) is 0 Å². The van der Waals surface area contributed by atoms with Gasteiger partial charge < -0.3 is 0 Å². The Kier molecular flexibility index (Phi) is 2.22. The third kappa shape index (κ3) is 1.39. The van der Waals surface area contributed by atoms with Crippen molar-refractivity contribution in [3.8, 4) is 0 Å². The second-order valence-electron chi connectivity index (χ2n) is 3.10. The molecule has 0 spiro atoms. The summed E-state index contributed by atoms with van der Waals surface area (Å²) in [6.45, 7) is 1.75. The first-order chi connectivity index (χ1) is 5.23. The van der Waals surface area contributed by atoms with Gasteiger partial charge >= 0.3 is 0 Å². The number of carbonyl (C=O) groups excluding carboxylic acids is 2. The fraction of sp³-hybridized carbons (Fsp3) is 0.556. The Morgan fingerprint density at radius 3 is 2.64 bits per heavy atom. The lowest BCUT2D eigenvalue weighted by Crippen LogP contribution is -2.31. The van der Waals surface area contributed by atoms with Gasteiger partial charge in [0.1, 0.15) is 0 Å². The Morgan fingerprint density at radius 2 is 2.18 bits per heavy atom. The van der Waals surface area contributed by atoms with Crippen LogP contribution in [0.3, 0.4) is 0 Å². The molecule has 58 valence electrons. The summed E-state index contributed by atoms with van der Waals surface area (Å²) in [5.74, 6) is -0.301. The molecule has 0 amide bonds. The predicted molar refractivity (Wildman–Crippen MR) is 41.4 cm³/mol. The van der Waals surface area contributed by atoms with Crippen LogP contribution in [-0.2, 0) is 9.59 Å². The van der Waals surface area contributed by atoms with E-state index in [0.29, 0.717) is 12.8 Å². The SMILES string of the molecule is CC1([C]=O)CC=CCC1[C]=O. The lowest BCUT2D eigenvalue weighted by Gasteiger charge is -2.28. The van der Waals surface area contributed by atoms with Gasteiger partial charge in [0.25, 0.3) is 0 Å². The van der Waals surface area contributed by atoms with E-state index in [-0.39, 0.29) is 5.92 Å². The first kappa shape index (κ1) is 8.18. The third-order valence-electron chi connectivity index (χ3n) is 2.22. The fourth-order valence-corrected chi connectivity index (χ4v) is 1.25.